The molecule has 0 amide bonds. The van der Waals surface area contributed by atoms with Crippen molar-refractivity contribution >= 4 is 22.9 Å². The SMILES string of the molecule is CCCNC(c1sccc1Cl)c1c(C)cc(C)cc1F. The average molecular weight is 312 g/mol. The minimum absolute atomic E-state index is 0.166. The topological polar surface area (TPSA) is 12.0 Å². The standard InChI is InChI=1S/C16H19ClFNS/c1-4-6-19-15(16-12(17)5-7-20-16)14-11(3)8-10(2)9-13(14)18/h5,7-9,15,19H,4,6H2,1-3H3. The van der Waals surface area contributed by atoms with Crippen LogP contribution in [0.5, 0.6) is 0 Å². The molecule has 1 N–H and O–H groups in total. The summed E-state index contributed by atoms with van der Waals surface area (Å²) in [6.45, 7) is 6.78. The van der Waals surface area contributed by atoms with Crippen molar-refractivity contribution in [3.8, 4) is 0 Å². The third-order valence-electron chi connectivity index (χ3n) is 3.27. The Morgan fingerprint density at radius 1 is 1.35 bits per heavy atom. The number of benzene rings is 1. The average Bonchev–Trinajstić information content (AvgIpc) is 2.78. The maximum absolute atomic E-state index is 14.4. The molecule has 1 heterocycles. The van der Waals surface area contributed by atoms with Gasteiger partial charge < -0.3 is 5.32 Å². The highest BCUT2D eigenvalue weighted by molar-refractivity contribution is 7.10. The predicted octanol–water partition coefficient (Wildman–Crippen LogP) is 5.25. The molecule has 2 aromatic rings. The van der Waals surface area contributed by atoms with Gasteiger partial charge in [0.1, 0.15) is 5.82 Å². The van der Waals surface area contributed by atoms with Gasteiger partial charge >= 0.3 is 0 Å². The Labute approximate surface area is 128 Å². The van der Waals surface area contributed by atoms with Gasteiger partial charge in [0.05, 0.1) is 11.1 Å². The number of aryl methyl sites for hydroxylation is 2. The van der Waals surface area contributed by atoms with Crippen molar-refractivity contribution in [2.45, 2.75) is 33.2 Å². The molecular weight excluding hydrogens is 293 g/mol. The van der Waals surface area contributed by atoms with Crippen LogP contribution in [0.15, 0.2) is 23.6 Å². The Morgan fingerprint density at radius 3 is 2.65 bits per heavy atom. The maximum Gasteiger partial charge on any atom is 0.128 e. The van der Waals surface area contributed by atoms with E-state index in [0.717, 1.165) is 29.0 Å². The molecule has 0 aliphatic heterocycles. The van der Waals surface area contributed by atoms with E-state index in [2.05, 4.69) is 12.2 Å². The van der Waals surface area contributed by atoms with E-state index < -0.39 is 0 Å². The molecule has 1 aromatic carbocycles. The molecule has 0 bridgehead atoms. The van der Waals surface area contributed by atoms with E-state index in [9.17, 15) is 4.39 Å². The highest BCUT2D eigenvalue weighted by Crippen LogP contribution is 2.35. The third kappa shape index (κ3) is 3.22. The highest BCUT2D eigenvalue weighted by atomic mass is 35.5. The van der Waals surface area contributed by atoms with Crippen LogP contribution in [-0.2, 0) is 0 Å². The second kappa shape index (κ2) is 6.70. The van der Waals surface area contributed by atoms with Gasteiger partial charge in [-0.15, -0.1) is 11.3 Å². The van der Waals surface area contributed by atoms with Gasteiger partial charge in [-0.05, 0) is 55.5 Å². The molecule has 1 unspecified atom stereocenters. The lowest BCUT2D eigenvalue weighted by molar-refractivity contribution is 0.547. The molecule has 4 heteroatoms. The van der Waals surface area contributed by atoms with Crippen molar-refractivity contribution in [1.82, 2.24) is 5.32 Å². The molecule has 20 heavy (non-hydrogen) atoms. The lowest BCUT2D eigenvalue weighted by Gasteiger charge is -2.21. The first kappa shape index (κ1) is 15.5. The highest BCUT2D eigenvalue weighted by Gasteiger charge is 2.23. The van der Waals surface area contributed by atoms with Crippen molar-refractivity contribution < 1.29 is 4.39 Å². The van der Waals surface area contributed by atoms with Gasteiger partial charge in [0.2, 0.25) is 0 Å². The number of halogens is 2. The van der Waals surface area contributed by atoms with E-state index >= 15 is 0 Å². The van der Waals surface area contributed by atoms with Gasteiger partial charge in [0.15, 0.2) is 0 Å². The number of rotatable bonds is 5. The number of thiophene rings is 1. The van der Waals surface area contributed by atoms with E-state index in [1.165, 1.54) is 0 Å². The summed E-state index contributed by atoms with van der Waals surface area (Å²) in [4.78, 5) is 0.978. The Kier molecular flexibility index (Phi) is 5.19. The molecule has 0 radical (unpaired) electrons. The minimum Gasteiger partial charge on any atom is -0.305 e. The van der Waals surface area contributed by atoms with Crippen LogP contribution in [0.3, 0.4) is 0 Å². The summed E-state index contributed by atoms with van der Waals surface area (Å²) in [5.41, 5.74) is 2.60. The zero-order chi connectivity index (χ0) is 14.7. The summed E-state index contributed by atoms with van der Waals surface area (Å²) in [7, 11) is 0. The molecule has 1 nitrogen and oxygen atoms in total. The van der Waals surface area contributed by atoms with E-state index in [0.29, 0.717) is 10.6 Å². The molecule has 0 spiro atoms. The fourth-order valence-electron chi connectivity index (χ4n) is 2.42. The summed E-state index contributed by atoms with van der Waals surface area (Å²) in [6.07, 6.45) is 0.992. The van der Waals surface area contributed by atoms with Crippen LogP contribution in [0.2, 0.25) is 5.02 Å². The molecule has 0 saturated heterocycles. The van der Waals surface area contributed by atoms with Gasteiger partial charge in [-0.2, -0.15) is 0 Å². The number of nitrogens with one attached hydrogen (secondary N) is 1. The molecule has 108 valence electrons. The zero-order valence-corrected chi connectivity index (χ0v) is 13.5. The number of hydrogen-bond acceptors (Lipinski definition) is 2. The predicted molar refractivity (Wildman–Crippen MR) is 85.3 cm³/mol. The molecule has 0 fully saturated rings. The zero-order valence-electron chi connectivity index (χ0n) is 12.0. The van der Waals surface area contributed by atoms with Crippen molar-refractivity contribution in [3.63, 3.8) is 0 Å². The molecule has 0 saturated carbocycles. The normalized spacial score (nSPS) is 12.7. The van der Waals surface area contributed by atoms with Crippen LogP contribution in [-0.4, -0.2) is 6.54 Å². The monoisotopic (exact) mass is 311 g/mol. The fourth-order valence-corrected chi connectivity index (χ4v) is 3.67. The van der Waals surface area contributed by atoms with Crippen LogP contribution in [0.4, 0.5) is 4.39 Å². The summed E-state index contributed by atoms with van der Waals surface area (Å²) in [5, 5.41) is 6.06. The van der Waals surface area contributed by atoms with Crippen LogP contribution >= 0.6 is 22.9 Å². The molecule has 1 atom stereocenters. The van der Waals surface area contributed by atoms with Crippen LogP contribution in [0.25, 0.3) is 0 Å². The van der Waals surface area contributed by atoms with Gasteiger partial charge in [0.25, 0.3) is 0 Å². The summed E-state index contributed by atoms with van der Waals surface area (Å²) < 4.78 is 14.4. The van der Waals surface area contributed by atoms with E-state index in [1.54, 1.807) is 17.4 Å². The Morgan fingerprint density at radius 2 is 2.10 bits per heavy atom. The lowest BCUT2D eigenvalue weighted by atomic mass is 9.97. The molecular formula is C16H19ClFNS. The van der Waals surface area contributed by atoms with E-state index in [-0.39, 0.29) is 11.9 Å². The first-order valence-electron chi connectivity index (χ1n) is 6.77. The summed E-state index contributed by atoms with van der Waals surface area (Å²) in [6, 6.07) is 5.29. The van der Waals surface area contributed by atoms with Crippen LogP contribution in [0, 0.1) is 19.7 Å². The second-order valence-electron chi connectivity index (χ2n) is 5.00. The Hall–Kier alpha value is -0.900. The van der Waals surface area contributed by atoms with Crippen LogP contribution in [0.1, 0.15) is 41.0 Å². The maximum atomic E-state index is 14.4. The smallest absolute Gasteiger partial charge is 0.128 e. The first-order chi connectivity index (χ1) is 9.54. The second-order valence-corrected chi connectivity index (χ2v) is 6.35. The fraction of sp³-hybridized carbons (Fsp3) is 0.375. The molecule has 0 aliphatic carbocycles. The van der Waals surface area contributed by atoms with Crippen molar-refractivity contribution in [2.24, 2.45) is 0 Å². The van der Waals surface area contributed by atoms with Gasteiger partial charge in [0, 0.05) is 10.4 Å². The molecule has 0 aliphatic rings. The summed E-state index contributed by atoms with van der Waals surface area (Å²) >= 11 is 7.81. The van der Waals surface area contributed by atoms with Gasteiger partial charge in [-0.1, -0.05) is 24.6 Å². The first-order valence-corrected chi connectivity index (χ1v) is 8.03. The molecule has 1 aromatic heterocycles. The van der Waals surface area contributed by atoms with E-state index in [1.807, 2.05) is 31.4 Å². The Balaban J connectivity index is 2.50. The van der Waals surface area contributed by atoms with Gasteiger partial charge in [-0.25, -0.2) is 4.39 Å². The quantitative estimate of drug-likeness (QED) is 0.795. The third-order valence-corrected chi connectivity index (χ3v) is 4.70. The van der Waals surface area contributed by atoms with Crippen LogP contribution < -0.4 is 5.32 Å². The van der Waals surface area contributed by atoms with Crippen molar-refractivity contribution in [2.75, 3.05) is 6.54 Å². The van der Waals surface area contributed by atoms with Crippen molar-refractivity contribution in [1.29, 1.82) is 0 Å². The van der Waals surface area contributed by atoms with Crippen molar-refractivity contribution in [3.05, 3.63) is 56.0 Å². The van der Waals surface area contributed by atoms with Gasteiger partial charge in [-0.3, -0.25) is 0 Å². The number of hydrogen-bond donors (Lipinski definition) is 1. The van der Waals surface area contributed by atoms with E-state index in [4.69, 9.17) is 11.6 Å². The molecule has 2 rings (SSSR count). The lowest BCUT2D eigenvalue weighted by Crippen LogP contribution is -2.24. The Bertz CT molecular complexity index is 571. The minimum atomic E-state index is -0.178. The largest absolute Gasteiger partial charge is 0.305 e. The summed E-state index contributed by atoms with van der Waals surface area (Å²) in [5.74, 6) is -0.166.